The normalized spacial score (nSPS) is 13.6. The van der Waals surface area contributed by atoms with Crippen LogP contribution in [0.15, 0.2) is 30.3 Å². The van der Waals surface area contributed by atoms with Gasteiger partial charge in [0.2, 0.25) is 5.91 Å². The molecule has 0 aliphatic rings. The summed E-state index contributed by atoms with van der Waals surface area (Å²) in [5.41, 5.74) is 0.990. The van der Waals surface area contributed by atoms with Gasteiger partial charge in [0.25, 0.3) is 0 Å². The maximum Gasteiger partial charge on any atom is 0.227 e. The van der Waals surface area contributed by atoms with Crippen LogP contribution in [-0.4, -0.2) is 11.9 Å². The van der Waals surface area contributed by atoms with Crippen molar-refractivity contribution in [2.45, 2.75) is 32.2 Å². The van der Waals surface area contributed by atoms with Crippen LogP contribution in [0.2, 0.25) is 0 Å². The van der Waals surface area contributed by atoms with Gasteiger partial charge in [-0.2, -0.15) is 5.26 Å². The number of hydrogen-bond acceptors (Lipinski definition) is 2. The first-order valence-corrected chi connectivity index (χ1v) is 5.37. The van der Waals surface area contributed by atoms with E-state index in [1.54, 1.807) is 0 Å². The predicted octanol–water partition coefficient (Wildman–Crippen LogP) is 2.21. The Balaban J connectivity index is 2.59. The van der Waals surface area contributed by atoms with Crippen LogP contribution in [0, 0.1) is 11.3 Å². The van der Waals surface area contributed by atoms with Crippen molar-refractivity contribution < 1.29 is 4.79 Å². The van der Waals surface area contributed by atoms with Gasteiger partial charge in [0.05, 0.1) is 18.4 Å². The molecule has 2 unspecified atom stereocenters. The van der Waals surface area contributed by atoms with E-state index in [9.17, 15) is 4.79 Å². The minimum atomic E-state index is -0.178. The van der Waals surface area contributed by atoms with Crippen molar-refractivity contribution in [1.82, 2.24) is 5.32 Å². The number of carbonyl (C=O) groups excluding carboxylic acids is 1. The summed E-state index contributed by atoms with van der Waals surface area (Å²) in [5, 5.41) is 11.3. The lowest BCUT2D eigenvalue weighted by Gasteiger charge is -2.15. The van der Waals surface area contributed by atoms with Crippen molar-refractivity contribution in [3.8, 4) is 6.07 Å². The molecule has 3 nitrogen and oxygen atoms in total. The van der Waals surface area contributed by atoms with E-state index >= 15 is 0 Å². The quantitative estimate of drug-likeness (QED) is 0.838. The van der Waals surface area contributed by atoms with Gasteiger partial charge in [0.15, 0.2) is 0 Å². The van der Waals surface area contributed by atoms with Crippen LogP contribution in [0.3, 0.4) is 0 Å². The molecule has 0 saturated heterocycles. The molecule has 0 aliphatic carbocycles. The van der Waals surface area contributed by atoms with E-state index in [-0.39, 0.29) is 17.9 Å². The molecule has 2 atom stereocenters. The lowest BCUT2D eigenvalue weighted by molar-refractivity contribution is -0.122. The number of carbonyl (C=O) groups is 1. The number of benzene rings is 1. The molecule has 1 amide bonds. The molecule has 0 heterocycles. The van der Waals surface area contributed by atoms with Gasteiger partial charge in [-0.15, -0.1) is 0 Å². The molecule has 1 aromatic rings. The lowest BCUT2D eigenvalue weighted by Crippen LogP contribution is -2.35. The fourth-order valence-corrected chi connectivity index (χ4v) is 1.45. The first kappa shape index (κ1) is 12.3. The summed E-state index contributed by atoms with van der Waals surface area (Å²) >= 11 is 0. The third-order valence-corrected chi connectivity index (χ3v) is 2.48. The van der Waals surface area contributed by atoms with Gasteiger partial charge in [-0.05, 0) is 19.4 Å². The number of amides is 1. The summed E-state index contributed by atoms with van der Waals surface area (Å²) in [4.78, 5) is 11.8. The molecular weight excluding hydrogens is 200 g/mol. The van der Waals surface area contributed by atoms with Crippen LogP contribution in [0.5, 0.6) is 0 Å². The Labute approximate surface area is 96.1 Å². The van der Waals surface area contributed by atoms with Gasteiger partial charge in [-0.3, -0.25) is 4.79 Å². The van der Waals surface area contributed by atoms with E-state index in [4.69, 9.17) is 5.26 Å². The van der Waals surface area contributed by atoms with Gasteiger partial charge in [0.1, 0.15) is 0 Å². The Morgan fingerprint density at radius 1 is 1.38 bits per heavy atom. The first-order chi connectivity index (χ1) is 7.65. The van der Waals surface area contributed by atoms with Crippen LogP contribution >= 0.6 is 0 Å². The van der Waals surface area contributed by atoms with Gasteiger partial charge in [0, 0.05) is 6.04 Å². The highest BCUT2D eigenvalue weighted by molar-refractivity contribution is 5.83. The highest BCUT2D eigenvalue weighted by Gasteiger charge is 2.16. The number of nitrogens with zero attached hydrogens (tertiary/aromatic N) is 1. The number of nitriles is 1. The van der Waals surface area contributed by atoms with Gasteiger partial charge < -0.3 is 5.32 Å². The first-order valence-electron chi connectivity index (χ1n) is 5.37. The van der Waals surface area contributed by atoms with Gasteiger partial charge in [-0.1, -0.05) is 30.3 Å². The predicted molar refractivity (Wildman–Crippen MR) is 62.7 cm³/mol. The Morgan fingerprint density at radius 3 is 2.56 bits per heavy atom. The Kier molecular flexibility index (Phi) is 4.53. The second kappa shape index (κ2) is 5.92. The average Bonchev–Trinajstić information content (AvgIpc) is 2.29. The zero-order valence-electron chi connectivity index (χ0n) is 9.60. The fraction of sp³-hybridized carbons (Fsp3) is 0.385. The lowest BCUT2D eigenvalue weighted by atomic mass is 10.00. The van der Waals surface area contributed by atoms with E-state index in [1.807, 2.05) is 50.2 Å². The largest absolute Gasteiger partial charge is 0.352 e. The molecule has 1 rings (SSSR count). The zero-order valence-corrected chi connectivity index (χ0v) is 9.60. The average molecular weight is 216 g/mol. The Hall–Kier alpha value is -1.82. The number of nitrogens with one attached hydrogen (secondary N) is 1. The molecule has 84 valence electrons. The molecule has 16 heavy (non-hydrogen) atoms. The third-order valence-electron chi connectivity index (χ3n) is 2.48. The zero-order chi connectivity index (χ0) is 12.0. The van der Waals surface area contributed by atoms with Crippen molar-refractivity contribution in [2.75, 3.05) is 0 Å². The summed E-state index contributed by atoms with van der Waals surface area (Å²) in [5.74, 6) is -0.212. The molecule has 0 saturated carbocycles. The molecule has 1 N–H and O–H groups in total. The Morgan fingerprint density at radius 2 is 2.00 bits per heavy atom. The van der Waals surface area contributed by atoms with E-state index in [0.29, 0.717) is 6.42 Å². The molecule has 3 heteroatoms. The standard InChI is InChI=1S/C13H16N2O/c1-10(8-9-14)15-13(16)11(2)12-6-4-3-5-7-12/h3-7,10-11H,8H2,1-2H3,(H,15,16). The topological polar surface area (TPSA) is 52.9 Å². The maximum absolute atomic E-state index is 11.8. The third kappa shape index (κ3) is 3.39. The minimum absolute atomic E-state index is 0.0334. The van der Waals surface area contributed by atoms with Gasteiger partial charge >= 0.3 is 0 Å². The van der Waals surface area contributed by atoms with Crippen molar-refractivity contribution in [1.29, 1.82) is 5.26 Å². The fourth-order valence-electron chi connectivity index (χ4n) is 1.45. The molecule has 0 fully saturated rings. The van der Waals surface area contributed by atoms with E-state index in [1.165, 1.54) is 0 Å². The monoisotopic (exact) mass is 216 g/mol. The summed E-state index contributed by atoms with van der Waals surface area (Å²) in [6.45, 7) is 3.70. The highest BCUT2D eigenvalue weighted by atomic mass is 16.1. The van der Waals surface area contributed by atoms with Crippen molar-refractivity contribution in [3.05, 3.63) is 35.9 Å². The van der Waals surface area contributed by atoms with Crippen LogP contribution in [0.4, 0.5) is 0 Å². The van der Waals surface area contributed by atoms with Crippen LogP contribution < -0.4 is 5.32 Å². The molecule has 0 radical (unpaired) electrons. The SMILES string of the molecule is CC(CC#N)NC(=O)C(C)c1ccccc1. The van der Waals surface area contributed by atoms with Crippen LogP contribution in [-0.2, 0) is 4.79 Å². The Bertz CT molecular complexity index is 381. The number of rotatable bonds is 4. The smallest absolute Gasteiger partial charge is 0.227 e. The second-order valence-electron chi connectivity index (χ2n) is 3.90. The van der Waals surface area contributed by atoms with Crippen molar-refractivity contribution in [3.63, 3.8) is 0 Å². The summed E-state index contributed by atoms with van der Waals surface area (Å²) in [6, 6.07) is 11.6. The van der Waals surface area contributed by atoms with Crippen LogP contribution in [0.1, 0.15) is 31.7 Å². The molecule has 0 bridgehead atoms. The molecule has 1 aromatic carbocycles. The molecule has 0 aromatic heterocycles. The summed E-state index contributed by atoms with van der Waals surface area (Å²) in [7, 11) is 0. The maximum atomic E-state index is 11.8. The van der Waals surface area contributed by atoms with E-state index in [0.717, 1.165) is 5.56 Å². The summed E-state index contributed by atoms with van der Waals surface area (Å²) < 4.78 is 0. The second-order valence-corrected chi connectivity index (χ2v) is 3.90. The van der Waals surface area contributed by atoms with E-state index < -0.39 is 0 Å². The van der Waals surface area contributed by atoms with Gasteiger partial charge in [-0.25, -0.2) is 0 Å². The van der Waals surface area contributed by atoms with E-state index in [2.05, 4.69) is 5.32 Å². The van der Waals surface area contributed by atoms with Crippen LogP contribution in [0.25, 0.3) is 0 Å². The molecular formula is C13H16N2O. The molecule has 0 aliphatic heterocycles. The van der Waals surface area contributed by atoms with Crippen molar-refractivity contribution >= 4 is 5.91 Å². The molecule has 0 spiro atoms. The van der Waals surface area contributed by atoms with Crippen molar-refractivity contribution in [2.24, 2.45) is 0 Å². The highest BCUT2D eigenvalue weighted by Crippen LogP contribution is 2.14. The minimum Gasteiger partial charge on any atom is -0.352 e. The number of hydrogen-bond donors (Lipinski definition) is 1. The summed E-state index contributed by atoms with van der Waals surface area (Å²) in [6.07, 6.45) is 0.341.